The Morgan fingerprint density at radius 2 is 2.38 bits per heavy atom. The summed E-state index contributed by atoms with van der Waals surface area (Å²) in [7, 11) is 0. The Morgan fingerprint density at radius 1 is 1.56 bits per heavy atom. The van der Waals surface area contributed by atoms with Gasteiger partial charge in [0.25, 0.3) is 0 Å². The van der Waals surface area contributed by atoms with Gasteiger partial charge in [-0.2, -0.15) is 5.26 Å². The lowest BCUT2D eigenvalue weighted by molar-refractivity contribution is -0.117. The van der Waals surface area contributed by atoms with Crippen LogP contribution in [0.25, 0.3) is 10.2 Å². The van der Waals surface area contributed by atoms with Crippen molar-refractivity contribution in [3.63, 3.8) is 0 Å². The number of thiazole rings is 1. The molecule has 16 heavy (non-hydrogen) atoms. The zero-order valence-electron chi connectivity index (χ0n) is 8.14. The van der Waals surface area contributed by atoms with Crippen LogP contribution in [0.3, 0.4) is 0 Å². The van der Waals surface area contributed by atoms with Crippen molar-refractivity contribution in [2.45, 2.75) is 4.34 Å². The summed E-state index contributed by atoms with van der Waals surface area (Å²) >= 11 is 2.88. The van der Waals surface area contributed by atoms with Gasteiger partial charge in [-0.25, -0.2) is 4.98 Å². The number of carbonyl (C=O) groups is 1. The van der Waals surface area contributed by atoms with E-state index in [1.54, 1.807) is 17.5 Å². The van der Waals surface area contributed by atoms with Gasteiger partial charge < -0.3 is 0 Å². The van der Waals surface area contributed by atoms with Crippen LogP contribution in [0.2, 0.25) is 0 Å². The summed E-state index contributed by atoms with van der Waals surface area (Å²) in [6, 6.07) is 7.81. The first kappa shape index (κ1) is 10.9. The van der Waals surface area contributed by atoms with Gasteiger partial charge in [0.1, 0.15) is 0 Å². The second-order valence-electron chi connectivity index (χ2n) is 2.90. The minimum Gasteiger partial charge on any atom is -0.273 e. The molecule has 0 unspecified atom stereocenters. The number of nitrogens with zero attached hydrogens (tertiary/aromatic N) is 2. The molecule has 0 saturated carbocycles. The van der Waals surface area contributed by atoms with E-state index in [-0.39, 0.29) is 11.7 Å². The smallest absolute Gasteiger partial charge is 0.243 e. The molecule has 0 bridgehead atoms. The van der Waals surface area contributed by atoms with Gasteiger partial charge >= 0.3 is 0 Å². The Balaban J connectivity index is 2.05. The summed E-state index contributed by atoms with van der Waals surface area (Å²) in [5.74, 6) is -0.0836. The van der Waals surface area contributed by atoms with Crippen molar-refractivity contribution in [3.8, 4) is 6.19 Å². The van der Waals surface area contributed by atoms with E-state index in [4.69, 9.17) is 5.26 Å². The second kappa shape index (κ2) is 4.96. The number of carbonyl (C=O) groups excluding carboxylic acids is 1. The van der Waals surface area contributed by atoms with Crippen LogP contribution in [0.5, 0.6) is 0 Å². The number of amides is 1. The Hall–Kier alpha value is -1.58. The Kier molecular flexibility index (Phi) is 3.39. The van der Waals surface area contributed by atoms with E-state index in [1.165, 1.54) is 11.8 Å². The highest BCUT2D eigenvalue weighted by atomic mass is 32.2. The molecule has 0 saturated heterocycles. The standard InChI is InChI=1S/C10H7N3OS2/c11-6-12-9(14)5-15-10-13-7-3-1-2-4-8(7)16-10/h1-4H,5H2,(H,12,14). The van der Waals surface area contributed by atoms with E-state index in [2.05, 4.69) is 10.3 Å². The lowest BCUT2D eigenvalue weighted by atomic mass is 10.3. The summed E-state index contributed by atoms with van der Waals surface area (Å²) in [5.41, 5.74) is 0.940. The molecule has 80 valence electrons. The molecule has 1 N–H and O–H groups in total. The van der Waals surface area contributed by atoms with Gasteiger partial charge in [-0.1, -0.05) is 23.9 Å². The van der Waals surface area contributed by atoms with Crippen LogP contribution in [-0.4, -0.2) is 16.6 Å². The number of nitrogens with one attached hydrogen (secondary N) is 1. The van der Waals surface area contributed by atoms with Crippen LogP contribution in [0, 0.1) is 11.5 Å². The summed E-state index contributed by atoms with van der Waals surface area (Å²) in [5, 5.41) is 10.3. The third-order valence-corrected chi connectivity index (χ3v) is 3.98. The zero-order valence-corrected chi connectivity index (χ0v) is 9.77. The number of benzene rings is 1. The zero-order chi connectivity index (χ0) is 11.4. The molecule has 2 aromatic rings. The summed E-state index contributed by atoms with van der Waals surface area (Å²) in [6.45, 7) is 0. The maximum atomic E-state index is 11.1. The highest BCUT2D eigenvalue weighted by Gasteiger charge is 2.06. The number of hydrogen-bond acceptors (Lipinski definition) is 5. The number of rotatable bonds is 3. The van der Waals surface area contributed by atoms with E-state index < -0.39 is 0 Å². The maximum Gasteiger partial charge on any atom is 0.243 e. The first-order chi connectivity index (χ1) is 7.79. The van der Waals surface area contributed by atoms with Gasteiger partial charge in [0.15, 0.2) is 10.5 Å². The number of nitriles is 1. The topological polar surface area (TPSA) is 65.8 Å². The second-order valence-corrected chi connectivity index (χ2v) is 5.15. The van der Waals surface area contributed by atoms with Gasteiger partial charge in [-0.3, -0.25) is 10.1 Å². The minimum absolute atomic E-state index is 0.216. The van der Waals surface area contributed by atoms with Crippen molar-refractivity contribution in [3.05, 3.63) is 24.3 Å². The minimum atomic E-state index is -0.299. The highest BCUT2D eigenvalue weighted by molar-refractivity contribution is 8.01. The van der Waals surface area contributed by atoms with Crippen LogP contribution in [0.1, 0.15) is 0 Å². The van der Waals surface area contributed by atoms with Crippen molar-refractivity contribution in [1.82, 2.24) is 10.3 Å². The Morgan fingerprint density at radius 3 is 3.12 bits per heavy atom. The van der Waals surface area contributed by atoms with Crippen LogP contribution in [0.15, 0.2) is 28.6 Å². The maximum absolute atomic E-state index is 11.1. The number of aromatic nitrogens is 1. The predicted octanol–water partition coefficient (Wildman–Crippen LogP) is 1.99. The van der Waals surface area contributed by atoms with Gasteiger partial charge in [0.05, 0.1) is 16.0 Å². The van der Waals surface area contributed by atoms with Crippen LogP contribution in [-0.2, 0) is 4.79 Å². The molecule has 1 amide bonds. The first-order valence-corrected chi connectivity index (χ1v) is 6.26. The van der Waals surface area contributed by atoms with Crippen LogP contribution in [0.4, 0.5) is 0 Å². The third-order valence-electron chi connectivity index (χ3n) is 1.80. The van der Waals surface area contributed by atoms with Gasteiger partial charge in [-0.15, -0.1) is 11.3 Å². The molecule has 0 aliphatic carbocycles. The fraction of sp³-hybridized carbons (Fsp3) is 0.100. The SMILES string of the molecule is N#CNC(=O)CSc1nc2ccccc2s1. The fourth-order valence-corrected chi connectivity index (χ4v) is 3.01. The molecular weight excluding hydrogens is 242 g/mol. The molecule has 0 spiro atoms. The van der Waals surface area contributed by atoms with Gasteiger partial charge in [0.2, 0.25) is 5.91 Å². The molecule has 0 fully saturated rings. The number of para-hydroxylation sites is 1. The molecule has 6 heteroatoms. The van der Waals surface area contributed by atoms with Crippen molar-refractivity contribution in [1.29, 1.82) is 5.26 Å². The number of thioether (sulfide) groups is 1. The first-order valence-electron chi connectivity index (χ1n) is 4.46. The lowest BCUT2D eigenvalue weighted by Gasteiger charge is -1.93. The molecule has 1 heterocycles. The molecular formula is C10H7N3OS2. The molecule has 0 aliphatic heterocycles. The van der Waals surface area contributed by atoms with Crippen molar-refractivity contribution >= 4 is 39.2 Å². The third kappa shape index (κ3) is 2.51. The quantitative estimate of drug-likeness (QED) is 0.513. The molecule has 4 nitrogen and oxygen atoms in total. The Bertz CT molecular complexity index is 525. The van der Waals surface area contributed by atoms with E-state index in [1.807, 2.05) is 24.3 Å². The van der Waals surface area contributed by atoms with Crippen LogP contribution >= 0.6 is 23.1 Å². The average Bonchev–Trinajstić information content (AvgIpc) is 2.69. The number of hydrogen-bond donors (Lipinski definition) is 1. The normalized spacial score (nSPS) is 9.94. The lowest BCUT2D eigenvalue weighted by Crippen LogP contribution is -2.19. The van der Waals surface area contributed by atoms with Gasteiger partial charge in [-0.05, 0) is 12.1 Å². The monoisotopic (exact) mass is 249 g/mol. The average molecular weight is 249 g/mol. The largest absolute Gasteiger partial charge is 0.273 e. The highest BCUT2D eigenvalue weighted by Crippen LogP contribution is 2.28. The van der Waals surface area contributed by atoms with Crippen molar-refractivity contribution < 1.29 is 4.79 Å². The Labute approximate surface area is 100 Å². The van der Waals surface area contributed by atoms with E-state index in [0.29, 0.717) is 0 Å². The van der Waals surface area contributed by atoms with E-state index in [9.17, 15) is 4.79 Å². The summed E-state index contributed by atoms with van der Waals surface area (Å²) in [6.07, 6.45) is 1.60. The molecule has 0 atom stereocenters. The molecule has 2 rings (SSSR count). The molecule has 0 aliphatic rings. The molecule has 0 radical (unpaired) electrons. The number of fused-ring (bicyclic) bond motifs is 1. The van der Waals surface area contributed by atoms with Crippen LogP contribution < -0.4 is 5.32 Å². The van der Waals surface area contributed by atoms with Gasteiger partial charge in [0, 0.05) is 0 Å². The van der Waals surface area contributed by atoms with E-state index in [0.717, 1.165) is 14.6 Å². The molecule has 1 aromatic carbocycles. The molecule has 1 aromatic heterocycles. The van der Waals surface area contributed by atoms with Crippen molar-refractivity contribution in [2.24, 2.45) is 0 Å². The fourth-order valence-electron chi connectivity index (χ4n) is 1.14. The predicted molar refractivity (Wildman–Crippen MR) is 64.1 cm³/mol. The summed E-state index contributed by atoms with van der Waals surface area (Å²) < 4.78 is 1.94. The van der Waals surface area contributed by atoms with Crippen molar-refractivity contribution in [2.75, 3.05) is 5.75 Å². The summed E-state index contributed by atoms with van der Waals surface area (Å²) in [4.78, 5) is 15.4. The van der Waals surface area contributed by atoms with E-state index >= 15 is 0 Å².